The number of pyridine rings is 1. The number of rotatable bonds is 4. The van der Waals surface area contributed by atoms with Crippen molar-refractivity contribution >= 4 is 6.03 Å². The summed E-state index contributed by atoms with van der Waals surface area (Å²) in [6.07, 6.45) is 4.72. The Morgan fingerprint density at radius 3 is 2.83 bits per heavy atom. The van der Waals surface area contributed by atoms with E-state index in [4.69, 9.17) is 5.73 Å². The minimum atomic E-state index is -0.304. The van der Waals surface area contributed by atoms with Crippen molar-refractivity contribution in [2.75, 3.05) is 19.6 Å². The first-order chi connectivity index (χ1) is 8.75. The Labute approximate surface area is 107 Å². The van der Waals surface area contributed by atoms with E-state index in [0.29, 0.717) is 6.04 Å². The molecular weight excluding hydrogens is 228 g/mol. The molecule has 2 amide bonds. The Morgan fingerprint density at radius 1 is 1.44 bits per heavy atom. The number of nitrogens with one attached hydrogen (secondary N) is 1. The number of carbonyl (C=O) groups is 1. The normalized spacial score (nSPS) is 16.8. The van der Waals surface area contributed by atoms with E-state index in [-0.39, 0.29) is 6.03 Å². The Kier molecular flexibility index (Phi) is 4.52. The van der Waals surface area contributed by atoms with Gasteiger partial charge < -0.3 is 16.0 Å². The average Bonchev–Trinajstić information content (AvgIpc) is 2.40. The highest BCUT2D eigenvalue weighted by Crippen LogP contribution is 2.09. The SMILES string of the molecule is NC(=O)N1CCC(NCCc2ccccn2)CC1. The number of hydrogen-bond donors (Lipinski definition) is 2. The third kappa shape index (κ3) is 3.70. The first-order valence-corrected chi connectivity index (χ1v) is 6.43. The van der Waals surface area contributed by atoms with Crippen LogP contribution >= 0.6 is 0 Å². The molecule has 1 aromatic rings. The standard InChI is InChI=1S/C13H20N4O/c14-13(18)17-9-5-12(6-10-17)16-8-4-11-3-1-2-7-15-11/h1-3,7,12,16H,4-6,8-10H2,(H2,14,18). The second-order valence-electron chi connectivity index (χ2n) is 4.62. The lowest BCUT2D eigenvalue weighted by molar-refractivity contribution is 0.185. The molecule has 3 N–H and O–H groups in total. The van der Waals surface area contributed by atoms with Gasteiger partial charge in [0.15, 0.2) is 0 Å². The van der Waals surface area contributed by atoms with Gasteiger partial charge in [0.25, 0.3) is 0 Å². The van der Waals surface area contributed by atoms with Crippen molar-refractivity contribution in [3.8, 4) is 0 Å². The molecule has 0 atom stereocenters. The summed E-state index contributed by atoms with van der Waals surface area (Å²) in [4.78, 5) is 17.0. The molecule has 0 aliphatic carbocycles. The predicted octanol–water partition coefficient (Wildman–Crippen LogP) is 0.757. The van der Waals surface area contributed by atoms with Crippen molar-refractivity contribution in [3.05, 3.63) is 30.1 Å². The number of nitrogens with zero attached hydrogens (tertiary/aromatic N) is 2. The summed E-state index contributed by atoms with van der Waals surface area (Å²) in [5.41, 5.74) is 6.36. The molecule has 5 heteroatoms. The fourth-order valence-corrected chi connectivity index (χ4v) is 2.25. The molecule has 0 bridgehead atoms. The van der Waals surface area contributed by atoms with Crippen LogP contribution in [0.3, 0.4) is 0 Å². The zero-order valence-electron chi connectivity index (χ0n) is 10.5. The topological polar surface area (TPSA) is 71.2 Å². The van der Waals surface area contributed by atoms with Gasteiger partial charge in [0.2, 0.25) is 0 Å². The highest BCUT2D eigenvalue weighted by molar-refractivity contribution is 5.72. The van der Waals surface area contributed by atoms with E-state index in [1.807, 2.05) is 24.4 Å². The Balaban J connectivity index is 1.65. The van der Waals surface area contributed by atoms with Crippen molar-refractivity contribution in [1.29, 1.82) is 0 Å². The van der Waals surface area contributed by atoms with E-state index in [1.54, 1.807) is 4.90 Å². The van der Waals surface area contributed by atoms with Gasteiger partial charge in [-0.3, -0.25) is 4.98 Å². The zero-order valence-corrected chi connectivity index (χ0v) is 10.5. The third-order valence-corrected chi connectivity index (χ3v) is 3.35. The molecule has 0 aromatic carbocycles. The van der Waals surface area contributed by atoms with Crippen molar-refractivity contribution in [3.63, 3.8) is 0 Å². The summed E-state index contributed by atoms with van der Waals surface area (Å²) in [6.45, 7) is 2.45. The summed E-state index contributed by atoms with van der Waals surface area (Å²) < 4.78 is 0. The lowest BCUT2D eigenvalue weighted by Gasteiger charge is -2.31. The highest BCUT2D eigenvalue weighted by atomic mass is 16.2. The van der Waals surface area contributed by atoms with Gasteiger partial charge >= 0.3 is 6.03 Å². The summed E-state index contributed by atoms with van der Waals surface area (Å²) in [6, 6.07) is 6.16. The second kappa shape index (κ2) is 6.35. The number of aromatic nitrogens is 1. The van der Waals surface area contributed by atoms with Crippen molar-refractivity contribution in [1.82, 2.24) is 15.2 Å². The highest BCUT2D eigenvalue weighted by Gasteiger charge is 2.20. The maximum atomic E-state index is 11.0. The maximum absolute atomic E-state index is 11.0. The van der Waals surface area contributed by atoms with Crippen LogP contribution in [0, 0.1) is 0 Å². The molecule has 1 aromatic heterocycles. The summed E-state index contributed by atoms with van der Waals surface area (Å²) in [5.74, 6) is 0. The van der Waals surface area contributed by atoms with Gasteiger partial charge in [0, 0.05) is 44.0 Å². The minimum Gasteiger partial charge on any atom is -0.351 e. The number of piperidine rings is 1. The number of likely N-dealkylation sites (tertiary alicyclic amines) is 1. The van der Waals surface area contributed by atoms with Gasteiger partial charge in [0.05, 0.1) is 0 Å². The predicted molar refractivity (Wildman–Crippen MR) is 70.1 cm³/mol. The molecular formula is C13H20N4O. The Hall–Kier alpha value is -1.62. The molecule has 2 heterocycles. The Morgan fingerprint density at radius 2 is 2.22 bits per heavy atom. The fourth-order valence-electron chi connectivity index (χ4n) is 2.25. The number of amides is 2. The monoisotopic (exact) mass is 248 g/mol. The molecule has 1 aliphatic heterocycles. The van der Waals surface area contributed by atoms with Gasteiger partial charge in [-0.15, -0.1) is 0 Å². The molecule has 0 spiro atoms. The maximum Gasteiger partial charge on any atom is 0.314 e. The molecule has 1 fully saturated rings. The van der Waals surface area contributed by atoms with Crippen molar-refractivity contribution in [2.45, 2.75) is 25.3 Å². The molecule has 0 unspecified atom stereocenters. The molecule has 98 valence electrons. The first-order valence-electron chi connectivity index (χ1n) is 6.43. The lowest BCUT2D eigenvalue weighted by Crippen LogP contribution is -2.47. The first kappa shape index (κ1) is 12.8. The smallest absolute Gasteiger partial charge is 0.314 e. The Bertz CT molecular complexity index is 374. The number of hydrogen-bond acceptors (Lipinski definition) is 3. The van der Waals surface area contributed by atoms with E-state index in [1.165, 1.54) is 0 Å². The van der Waals surface area contributed by atoms with E-state index in [9.17, 15) is 4.79 Å². The van der Waals surface area contributed by atoms with Crippen LogP contribution in [0.5, 0.6) is 0 Å². The number of carbonyl (C=O) groups excluding carboxylic acids is 1. The summed E-state index contributed by atoms with van der Waals surface area (Å²) >= 11 is 0. The second-order valence-corrected chi connectivity index (χ2v) is 4.62. The number of primary amides is 1. The van der Waals surface area contributed by atoms with Crippen LogP contribution in [0.4, 0.5) is 4.79 Å². The zero-order chi connectivity index (χ0) is 12.8. The van der Waals surface area contributed by atoms with E-state index >= 15 is 0 Å². The number of urea groups is 1. The molecule has 5 nitrogen and oxygen atoms in total. The van der Waals surface area contributed by atoms with E-state index in [0.717, 1.165) is 44.6 Å². The largest absolute Gasteiger partial charge is 0.351 e. The number of nitrogens with two attached hydrogens (primary N) is 1. The fraction of sp³-hybridized carbons (Fsp3) is 0.538. The van der Waals surface area contributed by atoms with Crippen LogP contribution in [0.2, 0.25) is 0 Å². The molecule has 0 radical (unpaired) electrons. The van der Waals surface area contributed by atoms with Gasteiger partial charge in [-0.25, -0.2) is 4.79 Å². The van der Waals surface area contributed by atoms with Crippen LogP contribution in [0.1, 0.15) is 18.5 Å². The van der Waals surface area contributed by atoms with Gasteiger partial charge in [-0.2, -0.15) is 0 Å². The van der Waals surface area contributed by atoms with Crippen LogP contribution < -0.4 is 11.1 Å². The van der Waals surface area contributed by atoms with E-state index in [2.05, 4.69) is 10.3 Å². The third-order valence-electron chi connectivity index (χ3n) is 3.35. The van der Waals surface area contributed by atoms with Crippen molar-refractivity contribution in [2.24, 2.45) is 5.73 Å². The quantitative estimate of drug-likeness (QED) is 0.826. The van der Waals surface area contributed by atoms with Crippen LogP contribution in [-0.2, 0) is 6.42 Å². The lowest BCUT2D eigenvalue weighted by atomic mass is 10.1. The minimum absolute atomic E-state index is 0.304. The van der Waals surface area contributed by atoms with Crippen molar-refractivity contribution < 1.29 is 4.79 Å². The summed E-state index contributed by atoms with van der Waals surface area (Å²) in [5, 5.41) is 3.51. The average molecular weight is 248 g/mol. The van der Waals surface area contributed by atoms with E-state index < -0.39 is 0 Å². The van der Waals surface area contributed by atoms with Crippen LogP contribution in [0.25, 0.3) is 0 Å². The molecule has 1 saturated heterocycles. The van der Waals surface area contributed by atoms with Gasteiger partial charge in [-0.1, -0.05) is 6.07 Å². The molecule has 18 heavy (non-hydrogen) atoms. The van der Waals surface area contributed by atoms with Gasteiger partial charge in [0.1, 0.15) is 0 Å². The van der Waals surface area contributed by atoms with Crippen LogP contribution in [0.15, 0.2) is 24.4 Å². The molecule has 2 rings (SSSR count). The van der Waals surface area contributed by atoms with Gasteiger partial charge in [-0.05, 0) is 25.0 Å². The van der Waals surface area contributed by atoms with Crippen LogP contribution in [-0.4, -0.2) is 41.6 Å². The summed E-state index contributed by atoms with van der Waals surface area (Å²) in [7, 11) is 0. The molecule has 1 aliphatic rings. The molecule has 0 saturated carbocycles.